The Labute approximate surface area is 99.4 Å². The standard InChI is InChI=1S/C13H16N2O2/c1-3-8(2)15-12-9-6-4-5-7-10(9)17-13(16)11(12)14/h4-8,15H,3,14H2,1-2H3/t8-/m1/s1. The van der Waals surface area contributed by atoms with Crippen molar-refractivity contribution in [1.82, 2.24) is 0 Å². The van der Waals surface area contributed by atoms with Crippen LogP contribution in [0, 0.1) is 0 Å². The number of nitrogens with two attached hydrogens (primary N) is 1. The summed E-state index contributed by atoms with van der Waals surface area (Å²) >= 11 is 0. The van der Waals surface area contributed by atoms with E-state index in [-0.39, 0.29) is 11.7 Å². The number of fused-ring (bicyclic) bond motifs is 1. The predicted octanol–water partition coefficient (Wildman–Crippen LogP) is 2.59. The zero-order valence-corrected chi connectivity index (χ0v) is 9.99. The third kappa shape index (κ3) is 2.11. The van der Waals surface area contributed by atoms with E-state index in [1.54, 1.807) is 6.07 Å². The summed E-state index contributed by atoms with van der Waals surface area (Å²) in [4.78, 5) is 11.6. The highest BCUT2D eigenvalue weighted by molar-refractivity contribution is 5.95. The maximum atomic E-state index is 11.6. The van der Waals surface area contributed by atoms with Crippen LogP contribution in [0.1, 0.15) is 20.3 Å². The summed E-state index contributed by atoms with van der Waals surface area (Å²) in [6.07, 6.45) is 0.952. The first kappa shape index (κ1) is 11.5. The van der Waals surface area contributed by atoms with Gasteiger partial charge in [0.25, 0.3) is 0 Å². The van der Waals surface area contributed by atoms with Gasteiger partial charge < -0.3 is 15.5 Å². The Balaban J connectivity index is 2.65. The average Bonchev–Trinajstić information content (AvgIpc) is 2.34. The molecule has 1 aromatic heterocycles. The normalized spacial score (nSPS) is 12.6. The minimum atomic E-state index is -0.491. The van der Waals surface area contributed by atoms with Crippen LogP contribution in [0.25, 0.3) is 11.0 Å². The number of nitrogen functional groups attached to an aromatic ring is 1. The molecule has 0 aliphatic carbocycles. The molecule has 0 aliphatic rings. The number of hydrogen-bond donors (Lipinski definition) is 2. The van der Waals surface area contributed by atoms with Gasteiger partial charge in [0.1, 0.15) is 11.3 Å². The van der Waals surface area contributed by atoms with Crippen molar-refractivity contribution in [2.24, 2.45) is 0 Å². The van der Waals surface area contributed by atoms with Gasteiger partial charge in [0, 0.05) is 11.4 Å². The Kier molecular flexibility index (Phi) is 3.04. The first-order valence-corrected chi connectivity index (χ1v) is 5.71. The molecule has 0 bridgehead atoms. The van der Waals surface area contributed by atoms with E-state index < -0.39 is 5.63 Å². The fourth-order valence-corrected chi connectivity index (χ4v) is 1.67. The molecule has 1 aromatic carbocycles. The SMILES string of the molecule is CC[C@@H](C)Nc1c(N)c(=O)oc2ccccc12. The second-order valence-corrected chi connectivity index (χ2v) is 4.13. The third-order valence-electron chi connectivity index (χ3n) is 2.85. The number of rotatable bonds is 3. The lowest BCUT2D eigenvalue weighted by atomic mass is 10.1. The molecule has 17 heavy (non-hydrogen) atoms. The van der Waals surface area contributed by atoms with Gasteiger partial charge in [-0.25, -0.2) is 4.79 Å². The molecule has 1 heterocycles. The van der Waals surface area contributed by atoms with Crippen LogP contribution >= 0.6 is 0 Å². The highest BCUT2D eigenvalue weighted by Gasteiger charge is 2.12. The molecule has 90 valence electrons. The minimum absolute atomic E-state index is 0.143. The van der Waals surface area contributed by atoms with Gasteiger partial charge >= 0.3 is 5.63 Å². The van der Waals surface area contributed by atoms with Crippen LogP contribution in [0.2, 0.25) is 0 Å². The van der Waals surface area contributed by atoms with Crippen LogP contribution in [-0.2, 0) is 0 Å². The zero-order chi connectivity index (χ0) is 12.4. The second-order valence-electron chi connectivity index (χ2n) is 4.13. The van der Waals surface area contributed by atoms with Crippen molar-refractivity contribution in [3.63, 3.8) is 0 Å². The smallest absolute Gasteiger partial charge is 0.361 e. The van der Waals surface area contributed by atoms with Crippen LogP contribution in [0.5, 0.6) is 0 Å². The Hall–Kier alpha value is -1.97. The lowest BCUT2D eigenvalue weighted by Crippen LogP contribution is -2.18. The van der Waals surface area contributed by atoms with E-state index in [4.69, 9.17) is 10.2 Å². The minimum Gasteiger partial charge on any atom is -0.421 e. The molecule has 0 saturated heterocycles. The lowest BCUT2D eigenvalue weighted by molar-refractivity contribution is 0.564. The summed E-state index contributed by atoms with van der Waals surface area (Å²) < 4.78 is 5.13. The quantitative estimate of drug-likeness (QED) is 0.798. The molecule has 2 rings (SSSR count). The van der Waals surface area contributed by atoms with Crippen LogP contribution < -0.4 is 16.7 Å². The van der Waals surface area contributed by atoms with Gasteiger partial charge in [-0.1, -0.05) is 19.1 Å². The fraction of sp³-hybridized carbons (Fsp3) is 0.308. The Bertz CT molecular complexity index is 589. The van der Waals surface area contributed by atoms with E-state index in [0.717, 1.165) is 11.8 Å². The monoisotopic (exact) mass is 232 g/mol. The van der Waals surface area contributed by atoms with E-state index in [9.17, 15) is 4.79 Å². The first-order chi connectivity index (χ1) is 8.13. The number of nitrogens with one attached hydrogen (secondary N) is 1. The van der Waals surface area contributed by atoms with Crippen molar-refractivity contribution in [3.05, 3.63) is 34.7 Å². The number of anilines is 2. The van der Waals surface area contributed by atoms with Gasteiger partial charge in [0.15, 0.2) is 0 Å². The molecule has 0 saturated carbocycles. The Morgan fingerprint density at radius 1 is 1.41 bits per heavy atom. The van der Waals surface area contributed by atoms with Gasteiger partial charge in [0.05, 0.1) is 5.69 Å². The first-order valence-electron chi connectivity index (χ1n) is 5.71. The summed E-state index contributed by atoms with van der Waals surface area (Å²) in [6, 6.07) is 7.62. The van der Waals surface area contributed by atoms with Crippen molar-refractivity contribution in [1.29, 1.82) is 0 Å². The maximum absolute atomic E-state index is 11.6. The van der Waals surface area contributed by atoms with Crippen molar-refractivity contribution >= 4 is 22.3 Å². The average molecular weight is 232 g/mol. The Morgan fingerprint density at radius 2 is 2.12 bits per heavy atom. The molecule has 0 spiro atoms. The molecule has 2 aromatic rings. The molecule has 3 N–H and O–H groups in total. The topological polar surface area (TPSA) is 68.3 Å². The summed E-state index contributed by atoms with van der Waals surface area (Å²) in [5.41, 5.74) is 6.66. The van der Waals surface area contributed by atoms with Crippen molar-refractivity contribution in [2.75, 3.05) is 11.1 Å². The zero-order valence-electron chi connectivity index (χ0n) is 9.99. The van der Waals surface area contributed by atoms with Crippen LogP contribution in [0.3, 0.4) is 0 Å². The highest BCUT2D eigenvalue weighted by atomic mass is 16.4. The molecular weight excluding hydrogens is 216 g/mol. The summed E-state index contributed by atoms with van der Waals surface area (Å²) in [7, 11) is 0. The lowest BCUT2D eigenvalue weighted by Gasteiger charge is -2.16. The number of hydrogen-bond acceptors (Lipinski definition) is 4. The van der Waals surface area contributed by atoms with E-state index in [1.165, 1.54) is 0 Å². The predicted molar refractivity (Wildman–Crippen MR) is 70.3 cm³/mol. The molecule has 0 radical (unpaired) electrons. The molecule has 1 atom stereocenters. The van der Waals surface area contributed by atoms with E-state index in [0.29, 0.717) is 11.3 Å². The second kappa shape index (κ2) is 4.49. The van der Waals surface area contributed by atoms with Crippen molar-refractivity contribution < 1.29 is 4.42 Å². The molecule has 0 fully saturated rings. The molecule has 4 nitrogen and oxygen atoms in total. The molecule has 0 amide bonds. The van der Waals surface area contributed by atoms with Gasteiger partial charge in [0.2, 0.25) is 0 Å². The van der Waals surface area contributed by atoms with E-state index in [2.05, 4.69) is 12.2 Å². The molecule has 4 heteroatoms. The van der Waals surface area contributed by atoms with Gasteiger partial charge in [-0.2, -0.15) is 0 Å². The third-order valence-corrected chi connectivity index (χ3v) is 2.85. The molecule has 0 unspecified atom stereocenters. The Morgan fingerprint density at radius 3 is 2.82 bits per heavy atom. The summed E-state index contributed by atoms with van der Waals surface area (Å²) in [5.74, 6) is 0. The number of para-hydroxylation sites is 1. The van der Waals surface area contributed by atoms with Crippen LogP contribution in [-0.4, -0.2) is 6.04 Å². The molecule has 0 aliphatic heterocycles. The van der Waals surface area contributed by atoms with Crippen LogP contribution in [0.15, 0.2) is 33.5 Å². The fourth-order valence-electron chi connectivity index (χ4n) is 1.67. The van der Waals surface area contributed by atoms with Crippen molar-refractivity contribution in [3.8, 4) is 0 Å². The van der Waals surface area contributed by atoms with E-state index in [1.807, 2.05) is 25.1 Å². The summed E-state index contributed by atoms with van der Waals surface area (Å²) in [5, 5.41) is 4.10. The maximum Gasteiger partial charge on any atom is 0.361 e. The molecular formula is C13H16N2O2. The largest absolute Gasteiger partial charge is 0.421 e. The number of benzene rings is 1. The summed E-state index contributed by atoms with van der Waals surface area (Å²) in [6.45, 7) is 4.12. The van der Waals surface area contributed by atoms with Crippen LogP contribution in [0.4, 0.5) is 11.4 Å². The van der Waals surface area contributed by atoms with E-state index >= 15 is 0 Å². The van der Waals surface area contributed by atoms with Gasteiger partial charge in [-0.15, -0.1) is 0 Å². The van der Waals surface area contributed by atoms with Gasteiger partial charge in [-0.05, 0) is 25.5 Å². The highest BCUT2D eigenvalue weighted by Crippen LogP contribution is 2.27. The van der Waals surface area contributed by atoms with Crippen molar-refractivity contribution in [2.45, 2.75) is 26.3 Å². The van der Waals surface area contributed by atoms with Gasteiger partial charge in [-0.3, -0.25) is 0 Å².